The van der Waals surface area contributed by atoms with Crippen LogP contribution in [0.5, 0.6) is 5.75 Å². The van der Waals surface area contributed by atoms with Gasteiger partial charge >= 0.3 is 11.6 Å². The topological polar surface area (TPSA) is 65.7 Å². The summed E-state index contributed by atoms with van der Waals surface area (Å²) < 4.78 is 15.7. The van der Waals surface area contributed by atoms with Crippen molar-refractivity contribution in [2.45, 2.75) is 33.8 Å². The van der Waals surface area contributed by atoms with Gasteiger partial charge in [-0.25, -0.2) is 9.59 Å². The second-order valence-corrected chi connectivity index (χ2v) is 5.06. The van der Waals surface area contributed by atoms with E-state index in [1.165, 1.54) is 7.11 Å². The van der Waals surface area contributed by atoms with Gasteiger partial charge in [0.25, 0.3) is 0 Å². The quantitative estimate of drug-likeness (QED) is 0.642. The van der Waals surface area contributed by atoms with Crippen molar-refractivity contribution in [2.75, 3.05) is 7.11 Å². The van der Waals surface area contributed by atoms with Crippen LogP contribution < -0.4 is 10.4 Å². The third-order valence-electron chi connectivity index (χ3n) is 3.49. The van der Waals surface area contributed by atoms with Gasteiger partial charge in [-0.3, -0.25) is 0 Å². The zero-order valence-electron chi connectivity index (χ0n) is 12.8. The monoisotopic (exact) mass is 290 g/mol. The van der Waals surface area contributed by atoms with E-state index in [-0.39, 0.29) is 5.63 Å². The van der Waals surface area contributed by atoms with Crippen molar-refractivity contribution in [2.24, 2.45) is 0 Å². The fraction of sp³-hybridized carbons (Fsp3) is 0.375. The maximum Gasteiger partial charge on any atom is 0.346 e. The third kappa shape index (κ3) is 2.77. The van der Waals surface area contributed by atoms with E-state index in [4.69, 9.17) is 9.15 Å². The summed E-state index contributed by atoms with van der Waals surface area (Å²) in [5, 5.41) is 0.702. The van der Waals surface area contributed by atoms with Crippen LogP contribution in [0.1, 0.15) is 23.6 Å². The number of hydrogen-bond acceptors (Lipinski definition) is 5. The summed E-state index contributed by atoms with van der Waals surface area (Å²) in [7, 11) is 1.31. The highest BCUT2D eigenvalue weighted by Gasteiger charge is 2.19. The summed E-state index contributed by atoms with van der Waals surface area (Å²) in [6.45, 7) is 7.01. The molecule has 112 valence electrons. The number of methoxy groups -OCH3 is 1. The Kier molecular flexibility index (Phi) is 4.02. The molecule has 5 nitrogen and oxygen atoms in total. The van der Waals surface area contributed by atoms with Crippen LogP contribution in [0.3, 0.4) is 0 Å². The maximum atomic E-state index is 11.8. The van der Waals surface area contributed by atoms with Gasteiger partial charge in [-0.15, -0.1) is 0 Å². The lowest BCUT2D eigenvalue weighted by Crippen LogP contribution is -2.25. The minimum absolute atomic E-state index is 0.363. The van der Waals surface area contributed by atoms with E-state index >= 15 is 0 Å². The van der Waals surface area contributed by atoms with Gasteiger partial charge in [0.1, 0.15) is 11.3 Å². The van der Waals surface area contributed by atoms with Crippen LogP contribution >= 0.6 is 0 Å². The van der Waals surface area contributed by atoms with Crippen LogP contribution in [-0.2, 0) is 9.53 Å². The first-order valence-electron chi connectivity index (χ1n) is 6.64. The number of esters is 1. The molecule has 0 radical (unpaired) electrons. The number of benzene rings is 1. The van der Waals surface area contributed by atoms with Gasteiger partial charge in [-0.2, -0.15) is 0 Å². The van der Waals surface area contributed by atoms with Crippen LogP contribution in [0.25, 0.3) is 11.0 Å². The summed E-state index contributed by atoms with van der Waals surface area (Å²) in [5.41, 5.74) is 2.28. The lowest BCUT2D eigenvalue weighted by atomic mass is 10.0. The van der Waals surface area contributed by atoms with Crippen molar-refractivity contribution in [1.82, 2.24) is 0 Å². The number of rotatable bonds is 3. The molecule has 2 aromatic rings. The van der Waals surface area contributed by atoms with Gasteiger partial charge in [0.15, 0.2) is 6.10 Å². The first-order valence-corrected chi connectivity index (χ1v) is 6.64. The molecule has 2 rings (SSSR count). The van der Waals surface area contributed by atoms with Crippen LogP contribution in [-0.4, -0.2) is 19.2 Å². The lowest BCUT2D eigenvalue weighted by molar-refractivity contribution is -0.147. The van der Waals surface area contributed by atoms with E-state index in [1.807, 2.05) is 19.9 Å². The minimum atomic E-state index is -0.744. The van der Waals surface area contributed by atoms with Crippen LogP contribution in [0.15, 0.2) is 21.3 Å². The predicted molar refractivity (Wildman–Crippen MR) is 78.8 cm³/mol. The molecule has 0 fully saturated rings. The van der Waals surface area contributed by atoms with Crippen molar-refractivity contribution in [3.05, 3.63) is 39.2 Å². The molecule has 5 heteroatoms. The van der Waals surface area contributed by atoms with Crippen molar-refractivity contribution in [3.8, 4) is 5.75 Å². The largest absolute Gasteiger partial charge is 0.478 e. The standard InChI is InChI=1S/C16H18O5/c1-8-6-12(20-11(4)16(18)19-5)14-9(2)10(3)15(17)21-13(14)7-8/h6-7,11H,1-5H3/t11-/m0/s1. The Morgan fingerprint density at radius 2 is 1.86 bits per heavy atom. The second kappa shape index (κ2) is 5.60. The molecule has 0 aliphatic heterocycles. The van der Waals surface area contributed by atoms with E-state index < -0.39 is 12.1 Å². The van der Waals surface area contributed by atoms with Gasteiger partial charge in [-0.1, -0.05) is 0 Å². The van der Waals surface area contributed by atoms with Gasteiger partial charge in [0.05, 0.1) is 12.5 Å². The molecule has 0 unspecified atom stereocenters. The molecule has 0 aliphatic rings. The van der Waals surface area contributed by atoms with Crippen LogP contribution in [0.2, 0.25) is 0 Å². The molecule has 0 spiro atoms. The number of carbonyl (C=O) groups excluding carboxylic acids is 1. The molecule has 1 aromatic heterocycles. The minimum Gasteiger partial charge on any atom is -0.478 e. The SMILES string of the molecule is COC(=O)[C@H](C)Oc1cc(C)cc2oc(=O)c(C)c(C)c12. The highest BCUT2D eigenvalue weighted by atomic mass is 16.6. The van der Waals surface area contributed by atoms with Crippen LogP contribution in [0.4, 0.5) is 0 Å². The van der Waals surface area contributed by atoms with Crippen molar-refractivity contribution < 1.29 is 18.7 Å². The molecule has 0 saturated carbocycles. The molecule has 0 bridgehead atoms. The summed E-state index contributed by atoms with van der Waals surface area (Å²) in [4.78, 5) is 23.3. The average molecular weight is 290 g/mol. The van der Waals surface area contributed by atoms with E-state index in [1.54, 1.807) is 19.9 Å². The molecule has 1 aromatic carbocycles. The fourth-order valence-corrected chi connectivity index (χ4v) is 2.19. The Morgan fingerprint density at radius 3 is 2.48 bits per heavy atom. The summed E-state index contributed by atoms with van der Waals surface area (Å²) in [5.74, 6) is 0.0451. The van der Waals surface area contributed by atoms with Crippen molar-refractivity contribution in [1.29, 1.82) is 0 Å². The van der Waals surface area contributed by atoms with E-state index in [0.717, 1.165) is 11.1 Å². The molecular weight excluding hydrogens is 272 g/mol. The normalized spacial score (nSPS) is 12.2. The zero-order valence-corrected chi connectivity index (χ0v) is 12.8. The van der Waals surface area contributed by atoms with Crippen molar-refractivity contribution in [3.63, 3.8) is 0 Å². The predicted octanol–water partition coefficient (Wildman–Crippen LogP) is 2.66. The molecule has 1 atom stereocenters. The lowest BCUT2D eigenvalue weighted by Gasteiger charge is -2.16. The number of aryl methyl sites for hydroxylation is 2. The molecule has 0 N–H and O–H groups in total. The average Bonchev–Trinajstić information content (AvgIpc) is 2.43. The van der Waals surface area contributed by atoms with Gasteiger partial charge in [-0.05, 0) is 51.0 Å². The first kappa shape index (κ1) is 15.1. The Labute approximate surface area is 122 Å². The molecular formula is C16H18O5. The van der Waals surface area contributed by atoms with Gasteiger partial charge < -0.3 is 13.9 Å². The maximum absolute atomic E-state index is 11.8. The van der Waals surface area contributed by atoms with Gasteiger partial charge in [0, 0.05) is 5.56 Å². The molecule has 21 heavy (non-hydrogen) atoms. The zero-order chi connectivity index (χ0) is 15.7. The fourth-order valence-electron chi connectivity index (χ4n) is 2.19. The highest BCUT2D eigenvalue weighted by molar-refractivity contribution is 5.88. The van der Waals surface area contributed by atoms with Gasteiger partial charge in [0.2, 0.25) is 0 Å². The summed E-state index contributed by atoms with van der Waals surface area (Å²) in [6.07, 6.45) is -0.744. The third-order valence-corrected chi connectivity index (χ3v) is 3.49. The summed E-state index contributed by atoms with van der Waals surface area (Å²) in [6, 6.07) is 3.59. The Balaban J connectivity index is 2.65. The molecule has 1 heterocycles. The molecule has 0 aliphatic carbocycles. The number of fused-ring (bicyclic) bond motifs is 1. The van der Waals surface area contributed by atoms with Crippen molar-refractivity contribution >= 4 is 16.9 Å². The number of carbonyl (C=O) groups is 1. The molecule has 0 amide bonds. The Hall–Kier alpha value is -2.30. The van der Waals surface area contributed by atoms with Crippen LogP contribution in [0, 0.1) is 20.8 Å². The molecule has 0 saturated heterocycles. The number of hydrogen-bond donors (Lipinski definition) is 0. The number of ether oxygens (including phenoxy) is 2. The summed E-state index contributed by atoms with van der Waals surface area (Å²) >= 11 is 0. The smallest absolute Gasteiger partial charge is 0.346 e. The van der Waals surface area contributed by atoms with E-state index in [2.05, 4.69) is 4.74 Å². The van der Waals surface area contributed by atoms with E-state index in [0.29, 0.717) is 22.3 Å². The Morgan fingerprint density at radius 1 is 1.19 bits per heavy atom. The van der Waals surface area contributed by atoms with E-state index in [9.17, 15) is 9.59 Å². The first-order chi connectivity index (χ1) is 9.85. The highest BCUT2D eigenvalue weighted by Crippen LogP contribution is 2.31. The second-order valence-electron chi connectivity index (χ2n) is 5.06. The Bertz CT molecular complexity index is 757.